The minimum Gasteiger partial charge on any atom is -0.341 e. The van der Waals surface area contributed by atoms with Crippen molar-refractivity contribution in [2.24, 2.45) is 0 Å². The largest absolute Gasteiger partial charge is 0.341 e. The van der Waals surface area contributed by atoms with Crippen molar-refractivity contribution in [1.82, 2.24) is 15.3 Å². The van der Waals surface area contributed by atoms with Gasteiger partial charge < -0.3 is 10.2 Å². The average Bonchev–Trinajstić information content (AvgIpc) is 3.01. The Bertz CT molecular complexity index is 502. The minimum atomic E-state index is 0.566. The number of rotatable bonds is 2. The molecule has 0 radical (unpaired) electrons. The topological polar surface area (TPSA) is 41.1 Å². The van der Waals surface area contributed by atoms with Crippen LogP contribution in [0.2, 0.25) is 0 Å². The SMILES string of the molecule is C1=C(c2cnc(N3CCCC3)nc2)CC2CCCC1N2. The molecule has 4 heteroatoms. The summed E-state index contributed by atoms with van der Waals surface area (Å²) < 4.78 is 0. The molecule has 2 saturated heterocycles. The minimum absolute atomic E-state index is 0.566. The van der Waals surface area contributed by atoms with Gasteiger partial charge in [-0.25, -0.2) is 9.97 Å². The van der Waals surface area contributed by atoms with Crippen LogP contribution < -0.4 is 10.2 Å². The van der Waals surface area contributed by atoms with Crippen LogP contribution in [0.25, 0.3) is 5.57 Å². The first-order chi connectivity index (χ1) is 9.88. The van der Waals surface area contributed by atoms with Gasteiger partial charge in [-0.3, -0.25) is 0 Å². The molecule has 1 aromatic heterocycles. The molecular formula is C16H22N4. The van der Waals surface area contributed by atoms with Crippen molar-refractivity contribution in [3.8, 4) is 0 Å². The molecule has 20 heavy (non-hydrogen) atoms. The zero-order chi connectivity index (χ0) is 13.4. The summed E-state index contributed by atoms with van der Waals surface area (Å²) in [7, 11) is 0. The Labute approximate surface area is 120 Å². The maximum absolute atomic E-state index is 4.58. The first-order valence-electron chi connectivity index (χ1n) is 7.92. The fourth-order valence-electron chi connectivity index (χ4n) is 3.70. The van der Waals surface area contributed by atoms with Crippen LogP contribution in [0.15, 0.2) is 18.5 Å². The van der Waals surface area contributed by atoms with Gasteiger partial charge in [-0.2, -0.15) is 0 Å². The lowest BCUT2D eigenvalue weighted by Gasteiger charge is -2.35. The zero-order valence-corrected chi connectivity index (χ0v) is 11.9. The van der Waals surface area contributed by atoms with Gasteiger partial charge >= 0.3 is 0 Å². The van der Waals surface area contributed by atoms with Gasteiger partial charge in [-0.1, -0.05) is 12.5 Å². The van der Waals surface area contributed by atoms with E-state index < -0.39 is 0 Å². The van der Waals surface area contributed by atoms with Crippen LogP contribution in [-0.2, 0) is 0 Å². The smallest absolute Gasteiger partial charge is 0.225 e. The molecule has 2 atom stereocenters. The molecule has 3 aliphatic rings. The number of aromatic nitrogens is 2. The number of nitrogens with one attached hydrogen (secondary N) is 1. The Morgan fingerprint density at radius 1 is 1.05 bits per heavy atom. The molecule has 0 saturated carbocycles. The Hall–Kier alpha value is -1.42. The Morgan fingerprint density at radius 3 is 2.60 bits per heavy atom. The number of anilines is 1. The highest BCUT2D eigenvalue weighted by atomic mass is 15.3. The summed E-state index contributed by atoms with van der Waals surface area (Å²) in [5, 5.41) is 3.68. The molecule has 0 spiro atoms. The van der Waals surface area contributed by atoms with Crippen LogP contribution >= 0.6 is 0 Å². The third-order valence-corrected chi connectivity index (χ3v) is 4.78. The molecular weight excluding hydrogens is 248 g/mol. The fraction of sp³-hybridized carbons (Fsp3) is 0.625. The normalized spacial score (nSPS) is 29.4. The first-order valence-corrected chi connectivity index (χ1v) is 7.92. The van der Waals surface area contributed by atoms with Crippen LogP contribution in [0.3, 0.4) is 0 Å². The molecule has 4 heterocycles. The molecule has 3 aliphatic heterocycles. The summed E-state index contributed by atoms with van der Waals surface area (Å²) in [5.74, 6) is 0.904. The van der Waals surface area contributed by atoms with Crippen LogP contribution in [0, 0.1) is 0 Å². The van der Waals surface area contributed by atoms with Crippen LogP contribution in [-0.4, -0.2) is 35.1 Å². The van der Waals surface area contributed by atoms with E-state index in [1.54, 1.807) is 0 Å². The summed E-state index contributed by atoms with van der Waals surface area (Å²) in [6.07, 6.45) is 14.0. The van der Waals surface area contributed by atoms with Crippen molar-refractivity contribution in [2.75, 3.05) is 18.0 Å². The summed E-state index contributed by atoms with van der Waals surface area (Å²) >= 11 is 0. The predicted octanol–water partition coefficient (Wildman–Crippen LogP) is 2.37. The lowest BCUT2D eigenvalue weighted by molar-refractivity contribution is 0.348. The van der Waals surface area contributed by atoms with E-state index in [1.807, 2.05) is 12.4 Å². The molecule has 0 aromatic carbocycles. The molecule has 2 unspecified atom stereocenters. The molecule has 4 rings (SSSR count). The molecule has 2 bridgehead atoms. The van der Waals surface area contributed by atoms with Crippen molar-refractivity contribution in [3.63, 3.8) is 0 Å². The van der Waals surface area contributed by atoms with Gasteiger partial charge in [0.25, 0.3) is 0 Å². The summed E-state index contributed by atoms with van der Waals surface area (Å²) in [6, 6.07) is 1.22. The third kappa shape index (κ3) is 2.33. The highest BCUT2D eigenvalue weighted by molar-refractivity contribution is 5.67. The van der Waals surface area contributed by atoms with Crippen molar-refractivity contribution in [3.05, 3.63) is 24.0 Å². The van der Waals surface area contributed by atoms with Crippen molar-refractivity contribution < 1.29 is 0 Å². The number of hydrogen-bond acceptors (Lipinski definition) is 4. The van der Waals surface area contributed by atoms with Crippen LogP contribution in [0.4, 0.5) is 5.95 Å². The van der Waals surface area contributed by atoms with E-state index in [4.69, 9.17) is 0 Å². The maximum Gasteiger partial charge on any atom is 0.225 e. The summed E-state index contributed by atoms with van der Waals surface area (Å²) in [5.41, 5.74) is 2.65. The number of fused-ring (bicyclic) bond motifs is 2. The Morgan fingerprint density at radius 2 is 1.85 bits per heavy atom. The number of hydrogen-bond donors (Lipinski definition) is 1. The number of piperidine rings is 1. The quantitative estimate of drug-likeness (QED) is 0.896. The summed E-state index contributed by atoms with van der Waals surface area (Å²) in [6.45, 7) is 2.21. The van der Waals surface area contributed by atoms with Gasteiger partial charge in [-0.15, -0.1) is 0 Å². The van der Waals surface area contributed by atoms with E-state index in [1.165, 1.54) is 43.2 Å². The van der Waals surface area contributed by atoms with E-state index in [-0.39, 0.29) is 0 Å². The Balaban J connectivity index is 1.55. The second-order valence-corrected chi connectivity index (χ2v) is 6.26. The monoisotopic (exact) mass is 270 g/mol. The molecule has 106 valence electrons. The van der Waals surface area contributed by atoms with E-state index in [0.717, 1.165) is 25.5 Å². The standard InChI is InChI=1S/C16H22N4/c1-2-7-20(6-1)16-17-10-13(11-18-16)12-8-14-4-3-5-15(9-12)19-14/h8,10-11,14-15,19H,1-7,9H2. The maximum atomic E-state index is 4.58. The second-order valence-electron chi connectivity index (χ2n) is 6.26. The van der Waals surface area contributed by atoms with Crippen molar-refractivity contribution in [2.45, 2.75) is 50.6 Å². The highest BCUT2D eigenvalue weighted by Crippen LogP contribution is 2.30. The second kappa shape index (κ2) is 5.17. The third-order valence-electron chi connectivity index (χ3n) is 4.78. The van der Waals surface area contributed by atoms with Gasteiger partial charge in [0.05, 0.1) is 0 Å². The Kier molecular flexibility index (Phi) is 3.19. The van der Waals surface area contributed by atoms with E-state index in [9.17, 15) is 0 Å². The van der Waals surface area contributed by atoms with Crippen LogP contribution in [0.5, 0.6) is 0 Å². The van der Waals surface area contributed by atoms with E-state index >= 15 is 0 Å². The van der Waals surface area contributed by atoms with Gasteiger partial charge in [-0.05, 0) is 37.7 Å². The van der Waals surface area contributed by atoms with E-state index in [0.29, 0.717) is 12.1 Å². The molecule has 1 aromatic rings. The first kappa shape index (κ1) is 12.3. The lowest BCUT2D eigenvalue weighted by atomic mass is 9.85. The zero-order valence-electron chi connectivity index (χ0n) is 11.9. The van der Waals surface area contributed by atoms with Crippen molar-refractivity contribution >= 4 is 11.5 Å². The average molecular weight is 270 g/mol. The summed E-state index contributed by atoms with van der Waals surface area (Å²) in [4.78, 5) is 11.5. The molecule has 2 fully saturated rings. The molecule has 4 nitrogen and oxygen atoms in total. The van der Waals surface area contributed by atoms with Crippen molar-refractivity contribution in [1.29, 1.82) is 0 Å². The molecule has 0 amide bonds. The predicted molar refractivity (Wildman–Crippen MR) is 80.6 cm³/mol. The molecule has 0 aliphatic carbocycles. The van der Waals surface area contributed by atoms with Gasteiger partial charge in [0, 0.05) is 43.1 Å². The molecule has 1 N–H and O–H groups in total. The highest BCUT2D eigenvalue weighted by Gasteiger charge is 2.26. The number of nitrogens with zero attached hydrogens (tertiary/aromatic N) is 3. The fourth-order valence-corrected chi connectivity index (χ4v) is 3.70. The van der Waals surface area contributed by atoms with Crippen LogP contribution in [0.1, 0.15) is 44.1 Å². The van der Waals surface area contributed by atoms with Gasteiger partial charge in [0.2, 0.25) is 5.95 Å². The lowest BCUT2D eigenvalue weighted by Crippen LogP contribution is -2.44. The van der Waals surface area contributed by atoms with Gasteiger partial charge in [0.1, 0.15) is 0 Å². The van der Waals surface area contributed by atoms with E-state index in [2.05, 4.69) is 26.3 Å². The van der Waals surface area contributed by atoms with Gasteiger partial charge in [0.15, 0.2) is 0 Å².